The van der Waals surface area contributed by atoms with Gasteiger partial charge in [0.25, 0.3) is 0 Å². The first-order valence-corrected chi connectivity index (χ1v) is 17.6. The molecule has 0 N–H and O–H groups in total. The maximum absolute atomic E-state index is 5.45. The van der Waals surface area contributed by atoms with Gasteiger partial charge in [0, 0.05) is 31.5 Å². The van der Waals surface area contributed by atoms with Crippen molar-refractivity contribution in [3.05, 3.63) is 174 Å². The molecule has 0 bridgehead atoms. The number of rotatable bonds is 1. The fourth-order valence-corrected chi connectivity index (χ4v) is 10.3. The summed E-state index contributed by atoms with van der Waals surface area (Å²) in [6.45, 7) is 0. The standard InChI is InChI=1S/C45H25N3S/c1-6-17-33-26(12-1)27-13-2-7-18-34(27)45(33)35-19-8-3-14-28(35)31-24-32-29-15-4-9-21-38(29)48(39(32)25-36(31)45)44-46-37-20-11-23-41-42(37)43(47-44)30-16-5-10-22-40(30)49-41/h1-25H. The van der Waals surface area contributed by atoms with Gasteiger partial charge in [-0.3, -0.25) is 4.57 Å². The van der Waals surface area contributed by atoms with E-state index in [1.807, 2.05) is 0 Å². The van der Waals surface area contributed by atoms with Gasteiger partial charge in [-0.1, -0.05) is 127 Å². The van der Waals surface area contributed by atoms with Gasteiger partial charge in [0.2, 0.25) is 5.95 Å². The van der Waals surface area contributed by atoms with Gasteiger partial charge in [-0.2, -0.15) is 0 Å². The fourth-order valence-electron chi connectivity index (χ4n) is 9.16. The molecule has 1 aliphatic heterocycles. The molecular formula is C45H25N3S. The molecule has 1 spiro atoms. The first-order valence-electron chi connectivity index (χ1n) is 16.8. The zero-order valence-electron chi connectivity index (χ0n) is 26.2. The molecular weight excluding hydrogens is 615 g/mol. The van der Waals surface area contributed by atoms with Crippen LogP contribution in [0.25, 0.3) is 72.2 Å². The van der Waals surface area contributed by atoms with Crippen LogP contribution < -0.4 is 0 Å². The van der Waals surface area contributed by atoms with E-state index in [9.17, 15) is 0 Å². The Balaban J connectivity index is 1.23. The van der Waals surface area contributed by atoms with Gasteiger partial charge in [-0.15, -0.1) is 0 Å². The van der Waals surface area contributed by atoms with Crippen LogP contribution >= 0.6 is 11.8 Å². The zero-order valence-corrected chi connectivity index (χ0v) is 27.0. The topological polar surface area (TPSA) is 30.7 Å². The molecule has 3 nitrogen and oxygen atoms in total. The lowest BCUT2D eigenvalue weighted by atomic mass is 9.70. The zero-order chi connectivity index (χ0) is 31.8. The Morgan fingerprint density at radius 2 is 1.06 bits per heavy atom. The highest BCUT2D eigenvalue weighted by molar-refractivity contribution is 7.99. The van der Waals surface area contributed by atoms with Gasteiger partial charge < -0.3 is 0 Å². The first kappa shape index (κ1) is 26.0. The molecule has 0 atom stereocenters. The monoisotopic (exact) mass is 639 g/mol. The van der Waals surface area contributed by atoms with Gasteiger partial charge in [0.1, 0.15) is 0 Å². The van der Waals surface area contributed by atoms with E-state index < -0.39 is 5.41 Å². The van der Waals surface area contributed by atoms with E-state index in [1.165, 1.54) is 65.1 Å². The lowest BCUT2D eigenvalue weighted by Gasteiger charge is -2.30. The van der Waals surface area contributed by atoms with Crippen molar-refractivity contribution in [3.63, 3.8) is 0 Å². The Hall–Kier alpha value is -5.97. The minimum absolute atomic E-state index is 0.421. The Labute approximate surface area is 286 Å². The number of hydrogen-bond donors (Lipinski definition) is 0. The second kappa shape index (κ2) is 9.13. The Morgan fingerprint density at radius 1 is 0.449 bits per heavy atom. The molecule has 0 saturated heterocycles. The van der Waals surface area contributed by atoms with Crippen molar-refractivity contribution in [1.29, 1.82) is 0 Å². The van der Waals surface area contributed by atoms with Crippen LogP contribution in [0, 0.1) is 0 Å². The number of hydrogen-bond acceptors (Lipinski definition) is 3. The van der Waals surface area contributed by atoms with E-state index in [-0.39, 0.29) is 0 Å². The van der Waals surface area contributed by atoms with Crippen molar-refractivity contribution in [2.45, 2.75) is 15.2 Å². The lowest BCUT2D eigenvalue weighted by molar-refractivity contribution is 0.794. The number of nitrogens with zero attached hydrogens (tertiary/aromatic N) is 3. The summed E-state index contributed by atoms with van der Waals surface area (Å²) in [5, 5.41) is 3.54. The minimum Gasteiger partial charge on any atom is -0.278 e. The van der Waals surface area contributed by atoms with Gasteiger partial charge in [0.05, 0.1) is 27.7 Å². The molecule has 49 heavy (non-hydrogen) atoms. The number of benzene rings is 7. The number of para-hydroxylation sites is 1. The minimum atomic E-state index is -0.421. The van der Waals surface area contributed by atoms with Crippen LogP contribution in [-0.2, 0) is 5.41 Å². The molecule has 4 heteroatoms. The van der Waals surface area contributed by atoms with Crippen molar-refractivity contribution in [3.8, 4) is 39.5 Å². The summed E-state index contributed by atoms with van der Waals surface area (Å²) < 4.78 is 2.31. The Kier molecular flexibility index (Phi) is 4.85. The van der Waals surface area contributed by atoms with Gasteiger partial charge >= 0.3 is 0 Å². The lowest BCUT2D eigenvalue weighted by Crippen LogP contribution is -2.25. The van der Waals surface area contributed by atoms with Crippen LogP contribution in [0.2, 0.25) is 0 Å². The van der Waals surface area contributed by atoms with E-state index in [0.717, 1.165) is 33.2 Å². The van der Waals surface area contributed by atoms with Crippen LogP contribution in [-0.4, -0.2) is 14.5 Å². The summed E-state index contributed by atoms with van der Waals surface area (Å²) in [6.07, 6.45) is 0. The third-order valence-electron chi connectivity index (χ3n) is 11.0. The third-order valence-corrected chi connectivity index (χ3v) is 12.2. The van der Waals surface area contributed by atoms with Gasteiger partial charge in [-0.25, -0.2) is 9.97 Å². The Morgan fingerprint density at radius 3 is 1.82 bits per heavy atom. The SMILES string of the molecule is c1ccc2c(c1)Sc1cccc3nc(-n4c5ccccc5c5cc6c(cc54)C4(c5ccccc5-c5ccccc54)c4ccccc4-6)nc-2c13. The van der Waals surface area contributed by atoms with Crippen molar-refractivity contribution >= 4 is 44.5 Å². The molecule has 0 radical (unpaired) electrons. The molecule has 12 rings (SSSR count). The molecule has 7 aromatic carbocycles. The second-order valence-corrected chi connectivity index (χ2v) is 14.4. The Bertz CT molecular complexity index is 2890. The highest BCUT2D eigenvalue weighted by Crippen LogP contribution is 2.63. The molecule has 0 amide bonds. The summed E-state index contributed by atoms with van der Waals surface area (Å²) >= 11 is 1.80. The molecule has 0 fully saturated rings. The summed E-state index contributed by atoms with van der Waals surface area (Å²) in [5.74, 6) is 0.698. The maximum atomic E-state index is 5.45. The van der Waals surface area contributed by atoms with E-state index in [0.29, 0.717) is 5.95 Å². The number of fused-ring (bicyclic) bond motifs is 15. The summed E-state index contributed by atoms with van der Waals surface area (Å²) in [5.41, 5.74) is 15.5. The van der Waals surface area contributed by atoms with E-state index >= 15 is 0 Å². The molecule has 3 heterocycles. The molecule has 3 aliphatic rings. The van der Waals surface area contributed by atoms with E-state index in [1.54, 1.807) is 11.8 Å². The average molecular weight is 640 g/mol. The second-order valence-electron chi connectivity index (χ2n) is 13.3. The molecule has 226 valence electrons. The molecule has 0 saturated carbocycles. The molecule has 9 aromatic rings. The highest BCUT2D eigenvalue weighted by Gasteiger charge is 2.51. The van der Waals surface area contributed by atoms with Crippen LogP contribution in [0.5, 0.6) is 0 Å². The quantitative estimate of drug-likeness (QED) is 0.179. The van der Waals surface area contributed by atoms with Gasteiger partial charge in [-0.05, 0) is 80.9 Å². The van der Waals surface area contributed by atoms with Crippen molar-refractivity contribution < 1.29 is 0 Å². The fraction of sp³-hybridized carbons (Fsp3) is 0.0222. The predicted molar refractivity (Wildman–Crippen MR) is 200 cm³/mol. The smallest absolute Gasteiger partial charge is 0.235 e. The summed E-state index contributed by atoms with van der Waals surface area (Å²) in [7, 11) is 0. The summed E-state index contributed by atoms with van der Waals surface area (Å²) in [4.78, 5) is 13.2. The predicted octanol–water partition coefficient (Wildman–Crippen LogP) is 11.2. The van der Waals surface area contributed by atoms with Crippen molar-refractivity contribution in [1.82, 2.24) is 14.5 Å². The highest BCUT2D eigenvalue weighted by atomic mass is 32.2. The van der Waals surface area contributed by atoms with Crippen LogP contribution in [0.3, 0.4) is 0 Å². The third kappa shape index (κ3) is 3.12. The van der Waals surface area contributed by atoms with Crippen molar-refractivity contribution in [2.24, 2.45) is 0 Å². The van der Waals surface area contributed by atoms with Crippen molar-refractivity contribution in [2.75, 3.05) is 0 Å². The first-order chi connectivity index (χ1) is 24.3. The number of aromatic nitrogens is 3. The van der Waals surface area contributed by atoms with E-state index in [2.05, 4.69) is 156 Å². The summed E-state index contributed by atoms with van der Waals surface area (Å²) in [6, 6.07) is 55.7. The van der Waals surface area contributed by atoms with Gasteiger partial charge in [0.15, 0.2) is 0 Å². The van der Waals surface area contributed by atoms with Crippen LogP contribution in [0.4, 0.5) is 0 Å². The maximum Gasteiger partial charge on any atom is 0.235 e. The molecule has 0 unspecified atom stereocenters. The largest absolute Gasteiger partial charge is 0.278 e. The molecule has 2 aliphatic carbocycles. The van der Waals surface area contributed by atoms with E-state index in [4.69, 9.17) is 9.97 Å². The molecule has 2 aromatic heterocycles. The normalized spacial score (nSPS) is 14.2. The van der Waals surface area contributed by atoms with Crippen LogP contribution in [0.1, 0.15) is 22.3 Å². The average Bonchev–Trinajstić information content (AvgIpc) is 3.75. The van der Waals surface area contributed by atoms with Crippen LogP contribution in [0.15, 0.2) is 161 Å².